The summed E-state index contributed by atoms with van der Waals surface area (Å²) in [7, 11) is -1.97. The number of carbonyl (C=O) groups excluding carboxylic acids is 1. The standard InChI is InChI=1S/C18H17ClN2O3S/c1-21-11-17(13-4-6-14(19)7-5-13)16(18(21)22)10-12-2-8-15(9-3-12)25(20,23)24/h2-10,17H,11H2,1H3,(H2,20,23,24). The maximum Gasteiger partial charge on any atom is 0.250 e. The summed E-state index contributed by atoms with van der Waals surface area (Å²) in [6, 6.07) is 13.6. The average molecular weight is 377 g/mol. The Bertz CT molecular complexity index is 935. The molecule has 1 unspecified atom stereocenters. The number of amides is 1. The number of nitrogens with two attached hydrogens (primary N) is 1. The largest absolute Gasteiger partial charge is 0.341 e. The normalized spacial score (nSPS) is 19.6. The van der Waals surface area contributed by atoms with Crippen molar-refractivity contribution in [1.29, 1.82) is 0 Å². The average Bonchev–Trinajstić information content (AvgIpc) is 2.84. The van der Waals surface area contributed by atoms with Crippen LogP contribution in [-0.2, 0) is 14.8 Å². The highest BCUT2D eigenvalue weighted by molar-refractivity contribution is 7.89. The van der Waals surface area contributed by atoms with Gasteiger partial charge in [0.1, 0.15) is 0 Å². The van der Waals surface area contributed by atoms with Crippen molar-refractivity contribution in [2.75, 3.05) is 13.6 Å². The smallest absolute Gasteiger partial charge is 0.250 e. The summed E-state index contributed by atoms with van der Waals surface area (Å²) in [6.45, 7) is 0.585. The molecular formula is C18H17ClN2O3S. The van der Waals surface area contributed by atoms with Crippen molar-refractivity contribution in [3.63, 3.8) is 0 Å². The number of sulfonamides is 1. The van der Waals surface area contributed by atoms with E-state index in [9.17, 15) is 13.2 Å². The quantitative estimate of drug-likeness (QED) is 0.836. The fourth-order valence-electron chi connectivity index (χ4n) is 2.90. The molecule has 1 fully saturated rings. The van der Waals surface area contributed by atoms with Gasteiger partial charge in [0.2, 0.25) is 15.9 Å². The Morgan fingerprint density at radius 3 is 2.28 bits per heavy atom. The zero-order valence-corrected chi connectivity index (χ0v) is 15.1. The number of benzene rings is 2. The molecule has 2 N–H and O–H groups in total. The van der Waals surface area contributed by atoms with Crippen molar-refractivity contribution in [3.8, 4) is 0 Å². The summed E-state index contributed by atoms with van der Waals surface area (Å²) >= 11 is 5.94. The van der Waals surface area contributed by atoms with Crippen LogP contribution in [0.4, 0.5) is 0 Å². The number of likely N-dealkylation sites (N-methyl/N-ethyl adjacent to an activating group) is 1. The van der Waals surface area contributed by atoms with E-state index in [0.717, 1.165) is 11.1 Å². The molecule has 1 amide bonds. The van der Waals surface area contributed by atoms with Crippen molar-refractivity contribution in [3.05, 3.63) is 70.3 Å². The molecule has 130 valence electrons. The number of hydrogen-bond donors (Lipinski definition) is 1. The molecule has 1 aliphatic heterocycles. The van der Waals surface area contributed by atoms with Gasteiger partial charge in [0.25, 0.3) is 0 Å². The maximum absolute atomic E-state index is 12.5. The molecule has 0 saturated carbocycles. The van der Waals surface area contributed by atoms with Crippen LogP contribution in [0.2, 0.25) is 5.02 Å². The monoisotopic (exact) mass is 376 g/mol. The van der Waals surface area contributed by atoms with Gasteiger partial charge in [-0.15, -0.1) is 0 Å². The van der Waals surface area contributed by atoms with Gasteiger partial charge in [-0.05, 0) is 41.5 Å². The first-order chi connectivity index (χ1) is 11.8. The fraction of sp³-hybridized carbons (Fsp3) is 0.167. The van der Waals surface area contributed by atoms with E-state index in [0.29, 0.717) is 17.1 Å². The predicted molar refractivity (Wildman–Crippen MR) is 97.6 cm³/mol. The molecule has 0 aliphatic carbocycles. The molecule has 0 radical (unpaired) electrons. The van der Waals surface area contributed by atoms with Crippen LogP contribution in [0.3, 0.4) is 0 Å². The van der Waals surface area contributed by atoms with Gasteiger partial charge in [-0.2, -0.15) is 0 Å². The van der Waals surface area contributed by atoms with Gasteiger partial charge < -0.3 is 4.90 Å². The second-order valence-electron chi connectivity index (χ2n) is 6.00. The second kappa shape index (κ2) is 6.63. The van der Waals surface area contributed by atoms with Crippen LogP contribution in [0.25, 0.3) is 6.08 Å². The van der Waals surface area contributed by atoms with Gasteiger partial charge in [0, 0.05) is 30.1 Å². The van der Waals surface area contributed by atoms with Crippen molar-refractivity contribution in [2.24, 2.45) is 5.14 Å². The first kappa shape index (κ1) is 17.7. The summed E-state index contributed by atoms with van der Waals surface area (Å²) in [5.41, 5.74) is 2.41. The van der Waals surface area contributed by atoms with Crippen molar-refractivity contribution in [2.45, 2.75) is 10.8 Å². The van der Waals surface area contributed by atoms with Gasteiger partial charge >= 0.3 is 0 Å². The Balaban J connectivity index is 1.98. The molecule has 2 aromatic carbocycles. The number of nitrogens with zero attached hydrogens (tertiary/aromatic N) is 1. The number of carbonyl (C=O) groups is 1. The van der Waals surface area contributed by atoms with E-state index in [1.54, 1.807) is 42.3 Å². The van der Waals surface area contributed by atoms with Crippen LogP contribution in [-0.4, -0.2) is 32.8 Å². The van der Waals surface area contributed by atoms with E-state index in [4.69, 9.17) is 16.7 Å². The molecule has 1 atom stereocenters. The minimum Gasteiger partial charge on any atom is -0.341 e. The minimum absolute atomic E-state index is 0.0405. The topological polar surface area (TPSA) is 80.5 Å². The molecule has 2 aromatic rings. The molecule has 0 bridgehead atoms. The van der Waals surface area contributed by atoms with E-state index in [2.05, 4.69) is 0 Å². The van der Waals surface area contributed by atoms with Crippen LogP contribution in [0.5, 0.6) is 0 Å². The molecule has 3 rings (SSSR count). The minimum atomic E-state index is -3.73. The highest BCUT2D eigenvalue weighted by Crippen LogP contribution is 2.34. The van der Waals surface area contributed by atoms with E-state index in [-0.39, 0.29) is 16.7 Å². The highest BCUT2D eigenvalue weighted by Gasteiger charge is 2.33. The van der Waals surface area contributed by atoms with E-state index in [1.165, 1.54) is 12.1 Å². The van der Waals surface area contributed by atoms with E-state index < -0.39 is 10.0 Å². The van der Waals surface area contributed by atoms with Crippen molar-refractivity contribution < 1.29 is 13.2 Å². The van der Waals surface area contributed by atoms with Gasteiger partial charge in [-0.3, -0.25) is 4.79 Å². The Morgan fingerprint density at radius 2 is 1.72 bits per heavy atom. The number of rotatable bonds is 3. The van der Waals surface area contributed by atoms with Crippen LogP contribution >= 0.6 is 11.6 Å². The number of hydrogen-bond acceptors (Lipinski definition) is 3. The van der Waals surface area contributed by atoms with Crippen molar-refractivity contribution >= 4 is 33.6 Å². The molecular weight excluding hydrogens is 360 g/mol. The SMILES string of the molecule is CN1CC(c2ccc(Cl)cc2)C(=Cc2ccc(S(N)(=O)=O)cc2)C1=O. The highest BCUT2D eigenvalue weighted by atomic mass is 35.5. The lowest BCUT2D eigenvalue weighted by Crippen LogP contribution is -2.19. The summed E-state index contributed by atoms with van der Waals surface area (Å²) < 4.78 is 22.7. The molecule has 1 aliphatic rings. The first-order valence-corrected chi connectivity index (χ1v) is 9.53. The molecule has 1 heterocycles. The molecule has 0 aromatic heterocycles. The van der Waals surface area contributed by atoms with E-state index in [1.807, 2.05) is 12.1 Å². The summed E-state index contributed by atoms with van der Waals surface area (Å²) in [5, 5.41) is 5.75. The van der Waals surface area contributed by atoms with Crippen LogP contribution in [0, 0.1) is 0 Å². The molecule has 1 saturated heterocycles. The zero-order valence-electron chi connectivity index (χ0n) is 13.5. The Hall–Kier alpha value is -2.15. The third-order valence-corrected chi connectivity index (χ3v) is 5.41. The fourth-order valence-corrected chi connectivity index (χ4v) is 3.54. The maximum atomic E-state index is 12.5. The molecule has 5 nitrogen and oxygen atoms in total. The first-order valence-electron chi connectivity index (χ1n) is 7.61. The van der Waals surface area contributed by atoms with E-state index >= 15 is 0 Å². The molecule has 7 heteroatoms. The zero-order chi connectivity index (χ0) is 18.2. The third-order valence-electron chi connectivity index (χ3n) is 4.23. The number of primary sulfonamides is 1. The lowest BCUT2D eigenvalue weighted by molar-refractivity contribution is -0.123. The van der Waals surface area contributed by atoms with Crippen LogP contribution < -0.4 is 5.14 Å². The molecule has 25 heavy (non-hydrogen) atoms. The number of likely N-dealkylation sites (tertiary alicyclic amines) is 1. The van der Waals surface area contributed by atoms with Crippen LogP contribution in [0.15, 0.2) is 59.0 Å². The Morgan fingerprint density at radius 1 is 1.12 bits per heavy atom. The van der Waals surface area contributed by atoms with Crippen LogP contribution in [0.1, 0.15) is 17.0 Å². The van der Waals surface area contributed by atoms with Gasteiger partial charge in [0.05, 0.1) is 4.90 Å². The number of halogens is 1. The van der Waals surface area contributed by atoms with Gasteiger partial charge in [-0.1, -0.05) is 35.9 Å². The molecule has 0 spiro atoms. The lowest BCUT2D eigenvalue weighted by Gasteiger charge is -2.11. The summed E-state index contributed by atoms with van der Waals surface area (Å²) in [5.74, 6) is -0.108. The summed E-state index contributed by atoms with van der Waals surface area (Å²) in [6.07, 6.45) is 1.79. The van der Waals surface area contributed by atoms with Gasteiger partial charge in [0.15, 0.2) is 0 Å². The lowest BCUT2D eigenvalue weighted by atomic mass is 9.92. The third kappa shape index (κ3) is 3.76. The Labute approximate surface area is 151 Å². The summed E-state index contributed by atoms with van der Waals surface area (Å²) in [4.78, 5) is 14.2. The predicted octanol–water partition coefficient (Wildman–Crippen LogP) is 2.63. The van der Waals surface area contributed by atoms with Crippen molar-refractivity contribution in [1.82, 2.24) is 4.90 Å². The second-order valence-corrected chi connectivity index (χ2v) is 8.00. The van der Waals surface area contributed by atoms with Gasteiger partial charge in [-0.25, -0.2) is 13.6 Å². The Kier molecular flexibility index (Phi) is 4.69.